The van der Waals surface area contributed by atoms with Gasteiger partial charge in [-0.25, -0.2) is 9.37 Å². The lowest BCUT2D eigenvalue weighted by Crippen LogP contribution is -2.23. The van der Waals surface area contributed by atoms with Gasteiger partial charge in [-0.2, -0.15) is 0 Å². The van der Waals surface area contributed by atoms with Crippen molar-refractivity contribution < 1.29 is 4.39 Å². The van der Waals surface area contributed by atoms with Crippen molar-refractivity contribution in [2.45, 2.75) is 40.2 Å². The molecule has 2 rings (SSSR count). The molecule has 1 N–H and O–H groups in total. The molecule has 0 saturated carbocycles. The Hall–Kier alpha value is -1.42. The third kappa shape index (κ3) is 3.37. The number of benzene rings is 1. The van der Waals surface area contributed by atoms with E-state index in [1.807, 2.05) is 6.07 Å². The standard InChI is InChI=1S/C16H24FN3/c1-11(2)10-18-8-7-16-19-14-9-13(17)5-6-15(14)20(16)12(3)4/h5-6,9,11-12,18H,7-8,10H2,1-4H3. The third-order valence-corrected chi connectivity index (χ3v) is 3.32. The van der Waals surface area contributed by atoms with Crippen LogP contribution in [0.2, 0.25) is 0 Å². The lowest BCUT2D eigenvalue weighted by atomic mass is 10.2. The van der Waals surface area contributed by atoms with E-state index in [1.165, 1.54) is 12.1 Å². The van der Waals surface area contributed by atoms with Gasteiger partial charge in [0.1, 0.15) is 11.6 Å². The van der Waals surface area contributed by atoms with Crippen molar-refractivity contribution in [3.8, 4) is 0 Å². The van der Waals surface area contributed by atoms with Gasteiger partial charge in [-0.3, -0.25) is 0 Å². The molecule has 0 radical (unpaired) electrons. The minimum Gasteiger partial charge on any atom is -0.325 e. The van der Waals surface area contributed by atoms with E-state index in [-0.39, 0.29) is 5.82 Å². The second-order valence-corrected chi connectivity index (χ2v) is 5.97. The van der Waals surface area contributed by atoms with Gasteiger partial charge in [0, 0.05) is 25.1 Å². The van der Waals surface area contributed by atoms with Crippen LogP contribution in [-0.2, 0) is 6.42 Å². The zero-order valence-electron chi connectivity index (χ0n) is 12.8. The highest BCUT2D eigenvalue weighted by Gasteiger charge is 2.13. The lowest BCUT2D eigenvalue weighted by Gasteiger charge is -2.13. The fourth-order valence-corrected chi connectivity index (χ4v) is 2.47. The largest absolute Gasteiger partial charge is 0.325 e. The van der Waals surface area contributed by atoms with Crippen LogP contribution in [0.15, 0.2) is 18.2 Å². The zero-order valence-corrected chi connectivity index (χ0v) is 12.8. The Bertz CT molecular complexity index is 572. The summed E-state index contributed by atoms with van der Waals surface area (Å²) in [6.07, 6.45) is 0.862. The van der Waals surface area contributed by atoms with E-state index >= 15 is 0 Å². The molecule has 0 atom stereocenters. The molecule has 1 aromatic carbocycles. The third-order valence-electron chi connectivity index (χ3n) is 3.32. The second kappa shape index (κ2) is 6.35. The Morgan fingerprint density at radius 2 is 2.00 bits per heavy atom. The quantitative estimate of drug-likeness (QED) is 0.818. The summed E-state index contributed by atoms with van der Waals surface area (Å²) in [4.78, 5) is 4.59. The summed E-state index contributed by atoms with van der Waals surface area (Å²) in [6.45, 7) is 10.6. The average molecular weight is 277 g/mol. The van der Waals surface area contributed by atoms with Crippen LogP contribution in [0, 0.1) is 11.7 Å². The number of rotatable bonds is 6. The van der Waals surface area contributed by atoms with E-state index in [1.54, 1.807) is 0 Å². The van der Waals surface area contributed by atoms with Crippen molar-refractivity contribution in [2.75, 3.05) is 13.1 Å². The molecule has 0 spiro atoms. The maximum atomic E-state index is 13.3. The van der Waals surface area contributed by atoms with Gasteiger partial charge in [0.15, 0.2) is 0 Å². The number of nitrogens with zero attached hydrogens (tertiary/aromatic N) is 2. The first-order valence-corrected chi connectivity index (χ1v) is 7.36. The Balaban J connectivity index is 2.21. The molecule has 20 heavy (non-hydrogen) atoms. The van der Waals surface area contributed by atoms with E-state index in [2.05, 4.69) is 42.6 Å². The van der Waals surface area contributed by atoms with Crippen LogP contribution >= 0.6 is 0 Å². The summed E-state index contributed by atoms with van der Waals surface area (Å²) in [6, 6.07) is 5.16. The molecule has 0 aliphatic rings. The summed E-state index contributed by atoms with van der Waals surface area (Å²) in [5.74, 6) is 1.44. The summed E-state index contributed by atoms with van der Waals surface area (Å²) in [7, 11) is 0. The average Bonchev–Trinajstić information content (AvgIpc) is 2.71. The van der Waals surface area contributed by atoms with Crippen molar-refractivity contribution in [3.05, 3.63) is 29.8 Å². The molecule has 0 fully saturated rings. The summed E-state index contributed by atoms with van der Waals surface area (Å²) < 4.78 is 15.5. The summed E-state index contributed by atoms with van der Waals surface area (Å²) in [5.41, 5.74) is 1.76. The number of hydrogen-bond acceptors (Lipinski definition) is 2. The first kappa shape index (κ1) is 15.0. The summed E-state index contributed by atoms with van der Waals surface area (Å²) >= 11 is 0. The predicted molar refractivity (Wildman–Crippen MR) is 81.5 cm³/mol. The molecular formula is C16H24FN3. The molecule has 0 aliphatic heterocycles. The van der Waals surface area contributed by atoms with Gasteiger partial charge in [-0.05, 0) is 38.4 Å². The maximum Gasteiger partial charge on any atom is 0.125 e. The Labute approximate surface area is 120 Å². The topological polar surface area (TPSA) is 29.9 Å². The second-order valence-electron chi connectivity index (χ2n) is 5.97. The first-order chi connectivity index (χ1) is 9.49. The number of imidazole rings is 1. The van der Waals surface area contributed by atoms with Gasteiger partial charge in [0.05, 0.1) is 11.0 Å². The molecule has 0 aliphatic carbocycles. The molecular weight excluding hydrogens is 253 g/mol. The highest BCUT2D eigenvalue weighted by molar-refractivity contribution is 5.76. The molecule has 0 amide bonds. The van der Waals surface area contributed by atoms with Gasteiger partial charge in [0.25, 0.3) is 0 Å². The molecule has 3 nitrogen and oxygen atoms in total. The minimum atomic E-state index is -0.226. The van der Waals surface area contributed by atoms with Crippen molar-refractivity contribution in [1.82, 2.24) is 14.9 Å². The van der Waals surface area contributed by atoms with Gasteiger partial charge >= 0.3 is 0 Å². The highest BCUT2D eigenvalue weighted by atomic mass is 19.1. The molecule has 1 heterocycles. The molecule has 0 bridgehead atoms. The van der Waals surface area contributed by atoms with E-state index in [4.69, 9.17) is 0 Å². The van der Waals surface area contributed by atoms with Crippen LogP contribution in [-0.4, -0.2) is 22.6 Å². The Morgan fingerprint density at radius 1 is 1.25 bits per heavy atom. The van der Waals surface area contributed by atoms with Crippen molar-refractivity contribution in [1.29, 1.82) is 0 Å². The normalized spacial score (nSPS) is 11.9. The minimum absolute atomic E-state index is 0.226. The lowest BCUT2D eigenvalue weighted by molar-refractivity contribution is 0.532. The summed E-state index contributed by atoms with van der Waals surface area (Å²) in [5, 5.41) is 3.43. The molecule has 110 valence electrons. The fourth-order valence-electron chi connectivity index (χ4n) is 2.47. The Morgan fingerprint density at radius 3 is 2.65 bits per heavy atom. The molecule has 0 saturated heterocycles. The molecule has 4 heteroatoms. The smallest absolute Gasteiger partial charge is 0.125 e. The van der Waals surface area contributed by atoms with Crippen LogP contribution < -0.4 is 5.32 Å². The van der Waals surface area contributed by atoms with E-state index in [0.29, 0.717) is 12.0 Å². The first-order valence-electron chi connectivity index (χ1n) is 7.36. The van der Waals surface area contributed by atoms with Crippen LogP contribution in [0.1, 0.15) is 39.6 Å². The zero-order chi connectivity index (χ0) is 14.7. The highest BCUT2D eigenvalue weighted by Crippen LogP contribution is 2.22. The fraction of sp³-hybridized carbons (Fsp3) is 0.562. The van der Waals surface area contributed by atoms with E-state index < -0.39 is 0 Å². The maximum absolute atomic E-state index is 13.3. The molecule has 1 aromatic heterocycles. The van der Waals surface area contributed by atoms with E-state index in [0.717, 1.165) is 36.4 Å². The van der Waals surface area contributed by atoms with Crippen LogP contribution in [0.5, 0.6) is 0 Å². The van der Waals surface area contributed by atoms with Crippen LogP contribution in [0.3, 0.4) is 0 Å². The van der Waals surface area contributed by atoms with Gasteiger partial charge in [-0.15, -0.1) is 0 Å². The predicted octanol–water partition coefficient (Wildman–Crippen LogP) is 3.54. The Kier molecular flexibility index (Phi) is 4.76. The number of hydrogen-bond donors (Lipinski definition) is 1. The number of halogens is 1. The SMILES string of the molecule is CC(C)CNCCc1nc2cc(F)ccc2n1C(C)C. The van der Waals surface area contributed by atoms with E-state index in [9.17, 15) is 4.39 Å². The molecule has 0 unspecified atom stereocenters. The van der Waals surface area contributed by atoms with Crippen molar-refractivity contribution >= 4 is 11.0 Å². The number of fused-ring (bicyclic) bond motifs is 1. The van der Waals surface area contributed by atoms with Crippen molar-refractivity contribution in [3.63, 3.8) is 0 Å². The number of aromatic nitrogens is 2. The van der Waals surface area contributed by atoms with Crippen LogP contribution in [0.4, 0.5) is 4.39 Å². The monoisotopic (exact) mass is 277 g/mol. The molecule has 2 aromatic rings. The van der Waals surface area contributed by atoms with Crippen LogP contribution in [0.25, 0.3) is 11.0 Å². The van der Waals surface area contributed by atoms with Gasteiger partial charge in [-0.1, -0.05) is 13.8 Å². The number of nitrogens with one attached hydrogen (secondary N) is 1. The van der Waals surface area contributed by atoms with Gasteiger partial charge < -0.3 is 9.88 Å². The van der Waals surface area contributed by atoms with Crippen molar-refractivity contribution in [2.24, 2.45) is 5.92 Å². The van der Waals surface area contributed by atoms with Gasteiger partial charge in [0.2, 0.25) is 0 Å².